The quantitative estimate of drug-likeness (QED) is 0.618. The van der Waals surface area contributed by atoms with E-state index in [4.69, 9.17) is 5.73 Å². The smallest absolute Gasteiger partial charge is 0.0359 e. The SMILES string of the molecule is CCN(CCSc1ccccc1)Cc1ccccc1N. The molecule has 3 heteroatoms. The number of rotatable bonds is 7. The molecule has 0 atom stereocenters. The molecule has 0 heterocycles. The van der Waals surface area contributed by atoms with E-state index in [1.54, 1.807) is 0 Å². The lowest BCUT2D eigenvalue weighted by atomic mass is 10.1. The maximum absolute atomic E-state index is 6.01. The molecule has 0 unspecified atom stereocenters. The highest BCUT2D eigenvalue weighted by Gasteiger charge is 2.06. The van der Waals surface area contributed by atoms with Crippen LogP contribution in [0.5, 0.6) is 0 Å². The number of anilines is 1. The first kappa shape index (κ1) is 14.9. The number of hydrogen-bond donors (Lipinski definition) is 1. The molecular formula is C17H22N2S. The van der Waals surface area contributed by atoms with Gasteiger partial charge in [-0.15, -0.1) is 11.8 Å². The number of para-hydroxylation sites is 1. The lowest BCUT2D eigenvalue weighted by Crippen LogP contribution is -2.25. The van der Waals surface area contributed by atoms with E-state index in [1.165, 1.54) is 10.5 Å². The number of benzene rings is 2. The van der Waals surface area contributed by atoms with Crippen LogP contribution in [0.3, 0.4) is 0 Å². The Labute approximate surface area is 126 Å². The summed E-state index contributed by atoms with van der Waals surface area (Å²) in [5, 5.41) is 0. The van der Waals surface area contributed by atoms with Gasteiger partial charge >= 0.3 is 0 Å². The Morgan fingerprint density at radius 3 is 2.40 bits per heavy atom. The highest BCUT2D eigenvalue weighted by molar-refractivity contribution is 7.99. The van der Waals surface area contributed by atoms with E-state index in [1.807, 2.05) is 23.9 Å². The van der Waals surface area contributed by atoms with E-state index in [0.29, 0.717) is 0 Å². The van der Waals surface area contributed by atoms with Crippen LogP contribution in [0.4, 0.5) is 5.69 Å². The molecule has 106 valence electrons. The van der Waals surface area contributed by atoms with Crippen molar-refractivity contribution in [3.63, 3.8) is 0 Å². The first-order valence-corrected chi connectivity index (χ1v) is 8.01. The molecule has 0 radical (unpaired) electrons. The second-order valence-corrected chi connectivity index (χ2v) is 5.90. The summed E-state index contributed by atoms with van der Waals surface area (Å²) in [4.78, 5) is 3.77. The zero-order valence-electron chi connectivity index (χ0n) is 12.0. The molecule has 0 aromatic heterocycles. The molecule has 0 aliphatic heterocycles. The van der Waals surface area contributed by atoms with Crippen LogP contribution >= 0.6 is 11.8 Å². The van der Waals surface area contributed by atoms with Crippen LogP contribution in [0.1, 0.15) is 12.5 Å². The topological polar surface area (TPSA) is 29.3 Å². The van der Waals surface area contributed by atoms with Gasteiger partial charge in [-0.1, -0.05) is 43.3 Å². The van der Waals surface area contributed by atoms with E-state index < -0.39 is 0 Å². The van der Waals surface area contributed by atoms with Crippen molar-refractivity contribution in [3.8, 4) is 0 Å². The van der Waals surface area contributed by atoms with Crippen molar-refractivity contribution in [1.29, 1.82) is 0 Å². The van der Waals surface area contributed by atoms with Crippen LogP contribution in [0.2, 0.25) is 0 Å². The molecule has 0 amide bonds. The Morgan fingerprint density at radius 1 is 1.00 bits per heavy atom. The van der Waals surface area contributed by atoms with Crippen molar-refractivity contribution < 1.29 is 0 Å². The Bertz CT molecular complexity index is 513. The van der Waals surface area contributed by atoms with Gasteiger partial charge in [0.25, 0.3) is 0 Å². The predicted octanol–water partition coefficient (Wildman–Crippen LogP) is 3.88. The highest BCUT2D eigenvalue weighted by Crippen LogP contribution is 2.18. The van der Waals surface area contributed by atoms with Crippen LogP contribution < -0.4 is 5.73 Å². The molecule has 0 fully saturated rings. The summed E-state index contributed by atoms with van der Waals surface area (Å²) in [7, 11) is 0. The fourth-order valence-corrected chi connectivity index (χ4v) is 3.01. The van der Waals surface area contributed by atoms with Gasteiger partial charge in [-0.05, 0) is 30.3 Å². The van der Waals surface area contributed by atoms with Gasteiger partial charge in [0, 0.05) is 29.4 Å². The van der Waals surface area contributed by atoms with Crippen molar-refractivity contribution in [2.24, 2.45) is 0 Å². The number of nitrogen functional groups attached to an aromatic ring is 1. The van der Waals surface area contributed by atoms with Crippen LogP contribution in [0.15, 0.2) is 59.5 Å². The predicted molar refractivity (Wildman–Crippen MR) is 89.0 cm³/mol. The number of nitrogens with two attached hydrogens (primary N) is 1. The third-order valence-electron chi connectivity index (χ3n) is 3.32. The maximum atomic E-state index is 6.01. The standard InChI is InChI=1S/C17H22N2S/c1-2-19(14-15-8-6-7-11-17(15)18)12-13-20-16-9-4-3-5-10-16/h3-11H,2,12-14,18H2,1H3. The van der Waals surface area contributed by atoms with Crippen molar-refractivity contribution in [2.45, 2.75) is 18.4 Å². The van der Waals surface area contributed by atoms with Crippen LogP contribution in [-0.4, -0.2) is 23.7 Å². The van der Waals surface area contributed by atoms with E-state index in [2.05, 4.69) is 54.3 Å². The normalized spacial score (nSPS) is 10.9. The molecule has 2 aromatic carbocycles. The molecule has 0 saturated heterocycles. The van der Waals surface area contributed by atoms with E-state index in [9.17, 15) is 0 Å². The van der Waals surface area contributed by atoms with Gasteiger partial charge in [0.15, 0.2) is 0 Å². The molecule has 0 aliphatic rings. The van der Waals surface area contributed by atoms with Crippen molar-refractivity contribution in [1.82, 2.24) is 4.90 Å². The number of hydrogen-bond acceptors (Lipinski definition) is 3. The summed E-state index contributed by atoms with van der Waals surface area (Å²) in [6, 6.07) is 18.7. The molecule has 0 spiro atoms. The van der Waals surface area contributed by atoms with Crippen LogP contribution in [0, 0.1) is 0 Å². The third-order valence-corrected chi connectivity index (χ3v) is 4.31. The lowest BCUT2D eigenvalue weighted by Gasteiger charge is -2.21. The van der Waals surface area contributed by atoms with Gasteiger partial charge in [0.1, 0.15) is 0 Å². The maximum Gasteiger partial charge on any atom is 0.0359 e. The second-order valence-electron chi connectivity index (χ2n) is 4.73. The van der Waals surface area contributed by atoms with Gasteiger partial charge < -0.3 is 5.73 Å². The minimum absolute atomic E-state index is 0.890. The van der Waals surface area contributed by atoms with Crippen LogP contribution in [0.25, 0.3) is 0 Å². The van der Waals surface area contributed by atoms with Crippen LogP contribution in [-0.2, 0) is 6.54 Å². The van der Waals surface area contributed by atoms with Gasteiger partial charge in [-0.25, -0.2) is 0 Å². The highest BCUT2D eigenvalue weighted by atomic mass is 32.2. The van der Waals surface area contributed by atoms with Gasteiger partial charge in [0.2, 0.25) is 0 Å². The fraction of sp³-hybridized carbons (Fsp3) is 0.294. The average Bonchev–Trinajstić information content (AvgIpc) is 2.49. The molecule has 2 nitrogen and oxygen atoms in total. The summed E-state index contributed by atoms with van der Waals surface area (Å²) in [5.41, 5.74) is 8.12. The zero-order chi connectivity index (χ0) is 14.2. The molecule has 0 aliphatic carbocycles. The Balaban J connectivity index is 1.82. The molecule has 0 saturated carbocycles. The summed E-state index contributed by atoms with van der Waals surface area (Å²) in [6.07, 6.45) is 0. The Hall–Kier alpha value is -1.45. The first-order chi connectivity index (χ1) is 9.79. The molecular weight excluding hydrogens is 264 g/mol. The van der Waals surface area contributed by atoms with Gasteiger partial charge in [0.05, 0.1) is 0 Å². The van der Waals surface area contributed by atoms with Crippen molar-refractivity contribution in [2.75, 3.05) is 24.6 Å². The lowest BCUT2D eigenvalue weighted by molar-refractivity contribution is 0.299. The molecule has 2 N–H and O–H groups in total. The van der Waals surface area contributed by atoms with Gasteiger partial charge in [-0.3, -0.25) is 4.90 Å². The van der Waals surface area contributed by atoms with E-state index in [0.717, 1.165) is 31.1 Å². The number of thioether (sulfide) groups is 1. The molecule has 0 bridgehead atoms. The van der Waals surface area contributed by atoms with Crippen molar-refractivity contribution >= 4 is 17.4 Å². The largest absolute Gasteiger partial charge is 0.398 e. The molecule has 2 rings (SSSR count). The summed E-state index contributed by atoms with van der Waals surface area (Å²) in [5.74, 6) is 1.10. The van der Waals surface area contributed by atoms with E-state index >= 15 is 0 Å². The molecule has 2 aromatic rings. The zero-order valence-corrected chi connectivity index (χ0v) is 12.8. The average molecular weight is 286 g/mol. The monoisotopic (exact) mass is 286 g/mol. The Kier molecular flexibility index (Phi) is 5.96. The summed E-state index contributed by atoms with van der Waals surface area (Å²) in [6.45, 7) is 5.25. The minimum atomic E-state index is 0.890. The summed E-state index contributed by atoms with van der Waals surface area (Å²) >= 11 is 1.91. The second kappa shape index (κ2) is 7.98. The fourth-order valence-electron chi connectivity index (χ4n) is 2.08. The van der Waals surface area contributed by atoms with Crippen molar-refractivity contribution in [3.05, 3.63) is 60.2 Å². The third kappa shape index (κ3) is 4.58. The van der Waals surface area contributed by atoms with Gasteiger partial charge in [-0.2, -0.15) is 0 Å². The first-order valence-electron chi connectivity index (χ1n) is 7.03. The summed E-state index contributed by atoms with van der Waals surface area (Å²) < 4.78 is 0. The Morgan fingerprint density at radius 2 is 1.70 bits per heavy atom. The molecule has 20 heavy (non-hydrogen) atoms. The minimum Gasteiger partial charge on any atom is -0.398 e. The number of nitrogens with zero attached hydrogens (tertiary/aromatic N) is 1. The van der Waals surface area contributed by atoms with E-state index in [-0.39, 0.29) is 0 Å².